The predicted molar refractivity (Wildman–Crippen MR) is 164 cm³/mol. The van der Waals surface area contributed by atoms with Crippen LogP contribution in [0.15, 0.2) is 60.7 Å². The number of nitrogens with zero attached hydrogens (tertiary/aromatic N) is 3. The number of benzene rings is 2. The summed E-state index contributed by atoms with van der Waals surface area (Å²) in [6.45, 7) is 7.55. The normalized spacial score (nSPS) is 23.8. The highest BCUT2D eigenvalue weighted by atomic mass is 16.4. The second-order valence-electron chi connectivity index (χ2n) is 12.6. The fourth-order valence-corrected chi connectivity index (χ4v) is 7.92. The fourth-order valence-electron chi connectivity index (χ4n) is 7.92. The Kier molecular flexibility index (Phi) is 10.5. The number of aliphatic carboxylic acids is 1. The minimum absolute atomic E-state index is 0.270. The van der Waals surface area contributed by atoms with Crippen molar-refractivity contribution < 1.29 is 14.7 Å². The predicted octanol–water partition coefficient (Wildman–Crippen LogP) is 5.68. The Morgan fingerprint density at radius 3 is 2.20 bits per heavy atom. The zero-order valence-corrected chi connectivity index (χ0v) is 24.9. The number of rotatable bonds is 11. The smallest absolute Gasteiger partial charge is 0.321 e. The van der Waals surface area contributed by atoms with Crippen LogP contribution < -0.4 is 0 Å². The first-order chi connectivity index (χ1) is 20.0. The van der Waals surface area contributed by atoms with E-state index in [-0.39, 0.29) is 17.9 Å². The maximum absolute atomic E-state index is 13.2. The first-order valence-electron chi connectivity index (χ1n) is 16.1. The molecule has 0 radical (unpaired) electrons. The number of amides is 1. The van der Waals surface area contributed by atoms with E-state index in [1.165, 1.54) is 17.5 Å². The number of carboxylic acids is 1. The van der Waals surface area contributed by atoms with E-state index in [1.807, 2.05) is 18.2 Å². The molecule has 3 atom stereocenters. The van der Waals surface area contributed by atoms with E-state index in [4.69, 9.17) is 0 Å². The van der Waals surface area contributed by atoms with E-state index in [0.717, 1.165) is 84.2 Å². The van der Waals surface area contributed by atoms with E-state index in [9.17, 15) is 14.7 Å². The topological polar surface area (TPSA) is 64.1 Å². The maximum atomic E-state index is 13.2. The zero-order valence-electron chi connectivity index (χ0n) is 24.9. The summed E-state index contributed by atoms with van der Waals surface area (Å²) in [5, 5.41) is 10.3. The van der Waals surface area contributed by atoms with Crippen LogP contribution in [0.5, 0.6) is 0 Å². The molecule has 6 nitrogen and oxygen atoms in total. The van der Waals surface area contributed by atoms with Gasteiger partial charge in [0.05, 0.1) is 0 Å². The van der Waals surface area contributed by atoms with E-state index >= 15 is 0 Å². The third-order valence-electron chi connectivity index (χ3n) is 10.1. The summed E-state index contributed by atoms with van der Waals surface area (Å²) in [4.78, 5) is 32.7. The number of likely N-dealkylation sites (tertiary alicyclic amines) is 2. The van der Waals surface area contributed by atoms with Crippen molar-refractivity contribution in [3.8, 4) is 0 Å². The molecule has 0 unspecified atom stereocenters. The molecule has 1 N–H and O–H groups in total. The molecule has 2 aliphatic heterocycles. The van der Waals surface area contributed by atoms with Gasteiger partial charge in [-0.2, -0.15) is 0 Å². The first kappa shape index (κ1) is 29.8. The van der Waals surface area contributed by atoms with Crippen LogP contribution in [0.2, 0.25) is 0 Å². The molecule has 1 aliphatic carbocycles. The molecule has 2 heterocycles. The Hall–Kier alpha value is -2.70. The average molecular weight is 560 g/mol. The quantitative estimate of drug-likeness (QED) is 0.384. The molecular formula is C35H49N3O3. The molecule has 2 aromatic carbocycles. The van der Waals surface area contributed by atoms with Crippen LogP contribution in [0, 0.1) is 11.8 Å². The van der Waals surface area contributed by atoms with Gasteiger partial charge in [0.1, 0.15) is 6.04 Å². The molecule has 0 spiro atoms. The van der Waals surface area contributed by atoms with Crippen LogP contribution in [0.4, 0.5) is 0 Å². The van der Waals surface area contributed by atoms with Crippen molar-refractivity contribution in [2.75, 3.05) is 39.3 Å². The number of carboxylic acid groups (broad SMARTS) is 1. The molecule has 1 saturated carbocycles. The van der Waals surface area contributed by atoms with E-state index in [1.54, 1.807) is 0 Å². The Morgan fingerprint density at radius 1 is 0.902 bits per heavy atom. The number of carbonyl (C=O) groups excluding carboxylic acids is 1. The van der Waals surface area contributed by atoms with Crippen molar-refractivity contribution in [1.82, 2.24) is 14.7 Å². The van der Waals surface area contributed by atoms with Gasteiger partial charge in [0, 0.05) is 57.6 Å². The van der Waals surface area contributed by atoms with E-state index in [2.05, 4.69) is 64.1 Å². The van der Waals surface area contributed by atoms with Crippen LogP contribution in [-0.4, -0.2) is 83.0 Å². The minimum atomic E-state index is -0.637. The first-order valence-corrected chi connectivity index (χ1v) is 16.1. The summed E-state index contributed by atoms with van der Waals surface area (Å²) in [6.07, 6.45) is 9.03. The lowest BCUT2D eigenvalue weighted by Gasteiger charge is -2.39. The zero-order chi connectivity index (χ0) is 28.6. The van der Waals surface area contributed by atoms with Gasteiger partial charge in [-0.1, -0.05) is 79.9 Å². The highest BCUT2D eigenvalue weighted by Crippen LogP contribution is 2.38. The van der Waals surface area contributed by atoms with E-state index < -0.39 is 5.97 Å². The molecule has 0 aromatic heterocycles. The maximum Gasteiger partial charge on any atom is 0.321 e. The monoisotopic (exact) mass is 559 g/mol. The van der Waals surface area contributed by atoms with Crippen molar-refractivity contribution in [3.05, 3.63) is 71.8 Å². The molecule has 222 valence electrons. The van der Waals surface area contributed by atoms with Gasteiger partial charge in [0.15, 0.2) is 0 Å². The van der Waals surface area contributed by atoms with Crippen LogP contribution in [0.3, 0.4) is 0 Å². The summed E-state index contributed by atoms with van der Waals surface area (Å²) in [5.74, 6) is 0.668. The molecule has 41 heavy (non-hydrogen) atoms. The highest BCUT2D eigenvalue weighted by molar-refractivity contribution is 5.76. The van der Waals surface area contributed by atoms with Crippen LogP contribution in [-0.2, 0) is 16.0 Å². The number of carbonyl (C=O) groups is 2. The Labute approximate surface area is 246 Å². The van der Waals surface area contributed by atoms with Gasteiger partial charge in [-0.3, -0.25) is 14.5 Å². The molecule has 3 aliphatic rings. The van der Waals surface area contributed by atoms with Crippen molar-refractivity contribution in [3.63, 3.8) is 0 Å². The van der Waals surface area contributed by atoms with Crippen molar-refractivity contribution in [1.29, 1.82) is 0 Å². The second-order valence-corrected chi connectivity index (χ2v) is 12.6. The van der Waals surface area contributed by atoms with E-state index in [0.29, 0.717) is 24.3 Å². The molecule has 3 fully saturated rings. The van der Waals surface area contributed by atoms with Crippen LogP contribution in [0.25, 0.3) is 0 Å². The van der Waals surface area contributed by atoms with Gasteiger partial charge in [-0.05, 0) is 62.0 Å². The molecular weight excluding hydrogens is 510 g/mol. The molecule has 2 aromatic rings. The lowest BCUT2D eigenvalue weighted by Crippen LogP contribution is -2.49. The lowest BCUT2D eigenvalue weighted by atomic mass is 9.83. The standard InChI is InChI=1S/C35H49N3O3/c1-2-38(33(39)19-18-27-12-6-3-7-13-27)31-20-22-36(23-21-31)24-30-25-37(26-32(30)28-14-8-4-9-15-28)34(35(40)41)29-16-10-5-11-17-29/h3-4,6-9,12-15,29-32,34H,2,5,10-11,16-26H2,1H3,(H,40,41)/t30-,32+,34+/m0/s1. The number of hydrogen-bond acceptors (Lipinski definition) is 4. The number of hydrogen-bond donors (Lipinski definition) is 1. The average Bonchev–Trinajstić information content (AvgIpc) is 3.41. The fraction of sp³-hybridized carbons (Fsp3) is 0.600. The second kappa shape index (κ2) is 14.5. The van der Waals surface area contributed by atoms with Crippen molar-refractivity contribution >= 4 is 11.9 Å². The Bertz CT molecular complexity index is 1100. The van der Waals surface area contributed by atoms with Gasteiger partial charge in [0.25, 0.3) is 0 Å². The van der Waals surface area contributed by atoms with Gasteiger partial charge in [-0.25, -0.2) is 0 Å². The molecule has 2 saturated heterocycles. The summed E-state index contributed by atoms with van der Waals surface area (Å²) in [7, 11) is 0. The minimum Gasteiger partial charge on any atom is -0.480 e. The lowest BCUT2D eigenvalue weighted by molar-refractivity contribution is -0.145. The van der Waals surface area contributed by atoms with Crippen molar-refractivity contribution in [2.45, 2.75) is 82.7 Å². The molecule has 5 rings (SSSR count). The number of aryl methyl sites for hydroxylation is 1. The Balaban J connectivity index is 1.20. The van der Waals surface area contributed by atoms with Crippen molar-refractivity contribution in [2.24, 2.45) is 11.8 Å². The SMILES string of the molecule is CCN(C(=O)CCc1ccccc1)C1CCN(C[C@H]2CN([C@@H](C(=O)O)C3CCCCC3)C[C@@H]2c2ccccc2)CC1. The summed E-state index contributed by atoms with van der Waals surface area (Å²) in [6, 6.07) is 21.0. The highest BCUT2D eigenvalue weighted by Gasteiger charge is 2.43. The van der Waals surface area contributed by atoms with Crippen LogP contribution >= 0.6 is 0 Å². The summed E-state index contributed by atoms with van der Waals surface area (Å²) in [5.41, 5.74) is 2.56. The van der Waals surface area contributed by atoms with Crippen LogP contribution in [0.1, 0.15) is 75.3 Å². The summed E-state index contributed by atoms with van der Waals surface area (Å²) >= 11 is 0. The van der Waals surface area contributed by atoms with Gasteiger partial charge in [-0.15, -0.1) is 0 Å². The molecule has 0 bridgehead atoms. The molecule has 1 amide bonds. The molecule has 6 heteroatoms. The third kappa shape index (κ3) is 7.58. The van der Waals surface area contributed by atoms with Gasteiger partial charge in [0.2, 0.25) is 5.91 Å². The van der Waals surface area contributed by atoms with Gasteiger partial charge < -0.3 is 14.9 Å². The number of piperidine rings is 1. The largest absolute Gasteiger partial charge is 0.480 e. The Morgan fingerprint density at radius 2 is 1.56 bits per heavy atom. The third-order valence-corrected chi connectivity index (χ3v) is 10.1. The summed E-state index contributed by atoms with van der Waals surface area (Å²) < 4.78 is 0. The van der Waals surface area contributed by atoms with Gasteiger partial charge >= 0.3 is 5.97 Å².